The van der Waals surface area contributed by atoms with Crippen LogP contribution in [0.3, 0.4) is 0 Å². The molecule has 0 aliphatic carbocycles. The summed E-state index contributed by atoms with van der Waals surface area (Å²) < 4.78 is 9.42. The first-order valence-electron chi connectivity index (χ1n) is 4.81. The summed E-state index contributed by atoms with van der Waals surface area (Å²) in [6.07, 6.45) is 0. The number of hydrogen-bond donors (Lipinski definition) is 0. The average molecular weight is 221 g/mol. The fourth-order valence-electron chi connectivity index (χ4n) is 1.26. The lowest BCUT2D eigenvalue weighted by molar-refractivity contribution is 0.0504. The lowest BCUT2D eigenvalue weighted by Crippen LogP contribution is -2.13. The number of rotatable bonds is 3. The van der Waals surface area contributed by atoms with E-state index >= 15 is 0 Å². The largest absolute Gasteiger partial charge is 0.465 e. The van der Waals surface area contributed by atoms with Gasteiger partial charge in [-0.05, 0) is 31.5 Å². The molecule has 4 nitrogen and oxygen atoms in total. The van der Waals surface area contributed by atoms with Crippen LogP contribution in [0, 0.1) is 6.92 Å². The van der Waals surface area contributed by atoms with E-state index in [-0.39, 0.29) is 17.7 Å². The molecule has 0 aliphatic rings. The van der Waals surface area contributed by atoms with Crippen LogP contribution < -0.4 is 0 Å². The Morgan fingerprint density at radius 2 is 1.94 bits per heavy atom. The zero-order valence-corrected chi connectivity index (χ0v) is 9.28. The number of hydrogen-bond acceptors (Lipinski definition) is 4. The smallest absolute Gasteiger partial charge is 0.339 e. The molecule has 16 heavy (non-hydrogen) atoms. The summed E-state index contributed by atoms with van der Waals surface area (Å²) in [4.78, 5) is 23.0. The molecule has 1 radical (unpaired) electrons. The first-order valence-corrected chi connectivity index (χ1v) is 4.81. The van der Waals surface area contributed by atoms with E-state index in [1.54, 1.807) is 13.0 Å². The van der Waals surface area contributed by atoms with E-state index < -0.39 is 11.9 Å². The van der Waals surface area contributed by atoms with Gasteiger partial charge in [0.1, 0.15) is 0 Å². The van der Waals surface area contributed by atoms with Gasteiger partial charge < -0.3 is 9.47 Å². The van der Waals surface area contributed by atoms with E-state index in [1.807, 2.05) is 0 Å². The first-order chi connectivity index (χ1) is 7.60. The van der Waals surface area contributed by atoms with Crippen molar-refractivity contribution < 1.29 is 19.1 Å². The lowest BCUT2D eigenvalue weighted by atomic mass is 10.0. The van der Waals surface area contributed by atoms with E-state index in [0.29, 0.717) is 5.56 Å². The van der Waals surface area contributed by atoms with E-state index in [2.05, 4.69) is 11.7 Å². The molecule has 0 atom stereocenters. The van der Waals surface area contributed by atoms with Crippen LogP contribution in [0.2, 0.25) is 0 Å². The van der Waals surface area contributed by atoms with Gasteiger partial charge in [0.15, 0.2) is 0 Å². The van der Waals surface area contributed by atoms with Gasteiger partial charge >= 0.3 is 11.9 Å². The van der Waals surface area contributed by atoms with Gasteiger partial charge in [-0.25, -0.2) is 9.59 Å². The van der Waals surface area contributed by atoms with Gasteiger partial charge in [-0.1, -0.05) is 6.07 Å². The van der Waals surface area contributed by atoms with Gasteiger partial charge in [0, 0.05) is 0 Å². The Bertz CT molecular complexity index is 409. The second-order valence-electron chi connectivity index (χ2n) is 3.09. The number of carbonyl (C=O) groups is 2. The molecule has 0 aromatic heterocycles. The number of carbonyl (C=O) groups excluding carboxylic acids is 2. The van der Waals surface area contributed by atoms with Crippen LogP contribution in [0.1, 0.15) is 33.2 Å². The van der Waals surface area contributed by atoms with Crippen LogP contribution in [-0.4, -0.2) is 25.7 Å². The van der Waals surface area contributed by atoms with Gasteiger partial charge in [-0.2, -0.15) is 0 Å². The normalized spacial score (nSPS) is 9.69. The summed E-state index contributed by atoms with van der Waals surface area (Å²) in [6.45, 7) is 5.64. The summed E-state index contributed by atoms with van der Waals surface area (Å²) in [6, 6.07) is 4.64. The van der Waals surface area contributed by atoms with Gasteiger partial charge in [-0.15, -0.1) is 0 Å². The number of ether oxygens (including phenoxy) is 2. The molecule has 0 saturated heterocycles. The maximum atomic E-state index is 11.6. The SMILES string of the molecule is [CH2]c1ccc(C(=O)OC)c(C(=O)OCC)c1. The molecule has 1 aromatic rings. The molecule has 0 bridgehead atoms. The topological polar surface area (TPSA) is 52.6 Å². The van der Waals surface area contributed by atoms with Crippen LogP contribution in [0.15, 0.2) is 18.2 Å². The minimum Gasteiger partial charge on any atom is -0.465 e. The van der Waals surface area contributed by atoms with Crippen LogP contribution in [0.5, 0.6) is 0 Å². The van der Waals surface area contributed by atoms with E-state index in [0.717, 1.165) is 0 Å². The molecule has 1 aromatic carbocycles. The predicted octanol–water partition coefficient (Wildman–Crippen LogP) is 1.83. The van der Waals surface area contributed by atoms with Crippen molar-refractivity contribution in [3.8, 4) is 0 Å². The molecule has 0 unspecified atom stereocenters. The number of methoxy groups -OCH3 is 1. The number of benzene rings is 1. The molecule has 0 amide bonds. The summed E-state index contributed by atoms with van der Waals surface area (Å²) in [5.41, 5.74) is 1.00. The molecule has 0 saturated carbocycles. The van der Waals surface area contributed by atoms with Crippen molar-refractivity contribution in [1.82, 2.24) is 0 Å². The maximum absolute atomic E-state index is 11.6. The van der Waals surface area contributed by atoms with Crippen molar-refractivity contribution in [1.29, 1.82) is 0 Å². The predicted molar refractivity (Wildman–Crippen MR) is 58.2 cm³/mol. The standard InChI is InChI=1S/C12H13O4/c1-4-16-12(14)10-7-8(2)5-6-9(10)11(13)15-3/h5-7H,2,4H2,1,3H3. The Balaban J connectivity index is 3.17. The third-order valence-corrected chi connectivity index (χ3v) is 1.98. The van der Waals surface area contributed by atoms with Crippen molar-refractivity contribution in [3.63, 3.8) is 0 Å². The third-order valence-electron chi connectivity index (χ3n) is 1.98. The van der Waals surface area contributed by atoms with Crippen LogP contribution in [0.4, 0.5) is 0 Å². The minimum absolute atomic E-state index is 0.182. The molecule has 0 aliphatic heterocycles. The fourth-order valence-corrected chi connectivity index (χ4v) is 1.26. The quantitative estimate of drug-likeness (QED) is 0.731. The number of esters is 2. The summed E-state index contributed by atoms with van der Waals surface area (Å²) in [5.74, 6) is -1.11. The second kappa shape index (κ2) is 5.30. The lowest BCUT2D eigenvalue weighted by Gasteiger charge is -2.07. The van der Waals surface area contributed by atoms with Crippen molar-refractivity contribution in [2.24, 2.45) is 0 Å². The molecule has 0 N–H and O–H groups in total. The Morgan fingerprint density at radius 3 is 2.50 bits per heavy atom. The second-order valence-corrected chi connectivity index (χ2v) is 3.09. The summed E-state index contributed by atoms with van der Waals surface area (Å²) in [7, 11) is 1.26. The highest BCUT2D eigenvalue weighted by Gasteiger charge is 2.18. The molecular formula is C12H13O4. The Labute approximate surface area is 94.2 Å². The van der Waals surface area contributed by atoms with Crippen molar-refractivity contribution in [2.45, 2.75) is 6.92 Å². The molecule has 1 rings (SSSR count). The zero-order valence-electron chi connectivity index (χ0n) is 9.28. The van der Waals surface area contributed by atoms with Crippen LogP contribution in [-0.2, 0) is 9.47 Å². The Hall–Kier alpha value is -1.84. The van der Waals surface area contributed by atoms with Crippen LogP contribution >= 0.6 is 0 Å². The maximum Gasteiger partial charge on any atom is 0.339 e. The van der Waals surface area contributed by atoms with Gasteiger partial charge in [0.25, 0.3) is 0 Å². The fraction of sp³-hybridized carbons (Fsp3) is 0.250. The van der Waals surface area contributed by atoms with E-state index in [1.165, 1.54) is 19.2 Å². The molecule has 0 heterocycles. The zero-order chi connectivity index (χ0) is 12.1. The average Bonchev–Trinajstić information content (AvgIpc) is 2.28. The van der Waals surface area contributed by atoms with Crippen molar-refractivity contribution in [3.05, 3.63) is 41.8 Å². The molecule has 0 spiro atoms. The van der Waals surface area contributed by atoms with Gasteiger partial charge in [0.2, 0.25) is 0 Å². The first kappa shape index (κ1) is 12.2. The molecule has 4 heteroatoms. The highest BCUT2D eigenvalue weighted by atomic mass is 16.5. The van der Waals surface area contributed by atoms with Crippen molar-refractivity contribution >= 4 is 11.9 Å². The van der Waals surface area contributed by atoms with Gasteiger partial charge in [0.05, 0.1) is 24.8 Å². The highest BCUT2D eigenvalue weighted by Crippen LogP contribution is 2.14. The highest BCUT2D eigenvalue weighted by molar-refractivity contribution is 6.03. The van der Waals surface area contributed by atoms with Crippen LogP contribution in [0.25, 0.3) is 0 Å². The van der Waals surface area contributed by atoms with Crippen molar-refractivity contribution in [2.75, 3.05) is 13.7 Å². The summed E-state index contributed by atoms with van der Waals surface area (Å²) in [5, 5.41) is 0. The molecule has 0 fully saturated rings. The third kappa shape index (κ3) is 2.59. The molecule has 85 valence electrons. The Morgan fingerprint density at radius 1 is 1.25 bits per heavy atom. The minimum atomic E-state index is -0.567. The van der Waals surface area contributed by atoms with E-state index in [9.17, 15) is 9.59 Å². The monoisotopic (exact) mass is 221 g/mol. The summed E-state index contributed by atoms with van der Waals surface area (Å²) >= 11 is 0. The van der Waals surface area contributed by atoms with E-state index in [4.69, 9.17) is 4.74 Å². The Kier molecular flexibility index (Phi) is 4.05. The molecular weight excluding hydrogens is 208 g/mol. The van der Waals surface area contributed by atoms with Gasteiger partial charge in [-0.3, -0.25) is 0 Å².